The van der Waals surface area contributed by atoms with Gasteiger partial charge in [-0.2, -0.15) is 10.1 Å². The van der Waals surface area contributed by atoms with Crippen molar-refractivity contribution in [2.24, 2.45) is 0 Å². The van der Waals surface area contributed by atoms with Gasteiger partial charge in [0.25, 0.3) is 0 Å². The Kier molecular flexibility index (Phi) is 4.70. The van der Waals surface area contributed by atoms with Gasteiger partial charge in [-0.3, -0.25) is 0 Å². The summed E-state index contributed by atoms with van der Waals surface area (Å²) in [5, 5.41) is 14.6. The Balaban J connectivity index is 1.77. The summed E-state index contributed by atoms with van der Waals surface area (Å²) in [4.78, 5) is 4.48. The summed E-state index contributed by atoms with van der Waals surface area (Å²) in [7, 11) is 0. The summed E-state index contributed by atoms with van der Waals surface area (Å²) in [6.45, 7) is 6.26. The number of nitrogens with zero attached hydrogens (tertiary/aromatic N) is 3. The van der Waals surface area contributed by atoms with Gasteiger partial charge in [-0.05, 0) is 55.2 Å². The van der Waals surface area contributed by atoms with Crippen LogP contribution in [0.3, 0.4) is 0 Å². The second kappa shape index (κ2) is 7.08. The average Bonchev–Trinajstić information content (AvgIpc) is 2.59. The fourth-order valence-electron chi connectivity index (χ4n) is 2.38. The number of rotatable bonds is 5. The Hall–Kier alpha value is -2.95. The number of nitrogens with one attached hydrogen (secondary N) is 2. The van der Waals surface area contributed by atoms with Crippen LogP contribution in [0.1, 0.15) is 23.6 Å². The predicted octanol–water partition coefficient (Wildman–Crippen LogP) is 4.54. The molecule has 0 bridgehead atoms. The highest BCUT2D eigenvalue weighted by Gasteiger charge is 2.04. The Morgan fingerprint density at radius 2 is 1.75 bits per heavy atom. The highest BCUT2D eigenvalue weighted by Crippen LogP contribution is 2.21. The first kappa shape index (κ1) is 15.9. The minimum Gasteiger partial charge on any atom is -0.339 e. The van der Waals surface area contributed by atoms with E-state index in [1.807, 2.05) is 12.1 Å². The first-order chi connectivity index (χ1) is 11.6. The SMILES string of the molecule is CCc1ccc(Nc2nncc(Nc3cc(C)ccc3C)n2)cc1. The van der Waals surface area contributed by atoms with E-state index in [4.69, 9.17) is 0 Å². The van der Waals surface area contributed by atoms with Gasteiger partial charge in [0.2, 0.25) is 5.95 Å². The Labute approximate surface area is 142 Å². The van der Waals surface area contributed by atoms with Gasteiger partial charge in [0.1, 0.15) is 0 Å². The lowest BCUT2D eigenvalue weighted by molar-refractivity contribution is 0.982. The largest absolute Gasteiger partial charge is 0.339 e. The second-order valence-electron chi connectivity index (χ2n) is 5.78. The zero-order chi connectivity index (χ0) is 16.9. The van der Waals surface area contributed by atoms with E-state index >= 15 is 0 Å². The van der Waals surface area contributed by atoms with E-state index in [9.17, 15) is 0 Å². The highest BCUT2D eigenvalue weighted by atomic mass is 15.3. The molecule has 5 nitrogen and oxygen atoms in total. The summed E-state index contributed by atoms with van der Waals surface area (Å²) in [6.07, 6.45) is 2.64. The van der Waals surface area contributed by atoms with Crippen LogP contribution in [0.15, 0.2) is 48.7 Å². The van der Waals surface area contributed by atoms with Crippen LogP contribution in [0.5, 0.6) is 0 Å². The molecule has 5 heteroatoms. The van der Waals surface area contributed by atoms with E-state index in [1.165, 1.54) is 11.1 Å². The van der Waals surface area contributed by atoms with E-state index in [2.05, 4.69) is 76.9 Å². The topological polar surface area (TPSA) is 62.7 Å². The van der Waals surface area contributed by atoms with Crippen LogP contribution < -0.4 is 10.6 Å². The van der Waals surface area contributed by atoms with Crippen LogP contribution in [0.2, 0.25) is 0 Å². The quantitative estimate of drug-likeness (QED) is 0.723. The van der Waals surface area contributed by atoms with E-state index in [1.54, 1.807) is 6.20 Å². The molecule has 0 spiro atoms. The predicted molar refractivity (Wildman–Crippen MR) is 98.1 cm³/mol. The molecule has 0 aliphatic heterocycles. The molecular formula is C19H21N5. The summed E-state index contributed by atoms with van der Waals surface area (Å²) in [5.74, 6) is 1.13. The molecule has 0 saturated heterocycles. The molecule has 0 unspecified atom stereocenters. The Morgan fingerprint density at radius 3 is 2.50 bits per heavy atom. The molecule has 2 aromatic carbocycles. The maximum atomic E-state index is 4.48. The number of anilines is 4. The molecule has 1 aromatic heterocycles. The molecule has 0 radical (unpaired) electrons. The number of aromatic nitrogens is 3. The van der Waals surface area contributed by atoms with Gasteiger partial charge < -0.3 is 10.6 Å². The monoisotopic (exact) mass is 319 g/mol. The fraction of sp³-hybridized carbons (Fsp3) is 0.211. The number of hydrogen-bond acceptors (Lipinski definition) is 5. The maximum Gasteiger partial charge on any atom is 0.249 e. The molecule has 24 heavy (non-hydrogen) atoms. The van der Waals surface area contributed by atoms with Crippen molar-refractivity contribution in [1.82, 2.24) is 15.2 Å². The number of aryl methyl sites for hydroxylation is 3. The second-order valence-corrected chi connectivity index (χ2v) is 5.78. The van der Waals surface area contributed by atoms with Gasteiger partial charge in [0.15, 0.2) is 5.82 Å². The first-order valence-electron chi connectivity index (χ1n) is 8.04. The molecule has 0 aliphatic carbocycles. The molecule has 0 fully saturated rings. The van der Waals surface area contributed by atoms with Crippen molar-refractivity contribution >= 4 is 23.1 Å². The van der Waals surface area contributed by atoms with E-state index in [0.717, 1.165) is 23.4 Å². The third-order valence-electron chi connectivity index (χ3n) is 3.83. The van der Waals surface area contributed by atoms with Gasteiger partial charge >= 0.3 is 0 Å². The van der Waals surface area contributed by atoms with Gasteiger partial charge in [-0.15, -0.1) is 5.10 Å². The molecule has 122 valence electrons. The third kappa shape index (κ3) is 3.87. The summed E-state index contributed by atoms with van der Waals surface area (Å²) in [5.41, 5.74) is 5.61. The molecule has 0 saturated carbocycles. The Bertz CT molecular complexity index is 827. The number of benzene rings is 2. The van der Waals surface area contributed by atoms with Gasteiger partial charge in [-0.1, -0.05) is 31.2 Å². The summed E-state index contributed by atoms with van der Waals surface area (Å²) < 4.78 is 0. The van der Waals surface area contributed by atoms with Crippen LogP contribution in [0.25, 0.3) is 0 Å². The van der Waals surface area contributed by atoms with Crippen molar-refractivity contribution in [2.75, 3.05) is 10.6 Å². The normalized spacial score (nSPS) is 10.5. The molecular weight excluding hydrogens is 298 g/mol. The van der Waals surface area contributed by atoms with Gasteiger partial charge in [0, 0.05) is 11.4 Å². The van der Waals surface area contributed by atoms with Crippen molar-refractivity contribution < 1.29 is 0 Å². The van der Waals surface area contributed by atoms with Crippen molar-refractivity contribution in [3.63, 3.8) is 0 Å². The van der Waals surface area contributed by atoms with Crippen molar-refractivity contribution in [2.45, 2.75) is 27.2 Å². The maximum absolute atomic E-state index is 4.48. The van der Waals surface area contributed by atoms with Crippen LogP contribution in [0.4, 0.5) is 23.1 Å². The first-order valence-corrected chi connectivity index (χ1v) is 8.04. The van der Waals surface area contributed by atoms with E-state index in [0.29, 0.717) is 11.8 Å². The van der Waals surface area contributed by atoms with Gasteiger partial charge in [-0.25, -0.2) is 0 Å². The molecule has 2 N–H and O–H groups in total. The molecule has 1 heterocycles. The zero-order valence-electron chi connectivity index (χ0n) is 14.2. The van der Waals surface area contributed by atoms with Crippen LogP contribution in [-0.2, 0) is 6.42 Å². The molecule has 0 amide bonds. The van der Waals surface area contributed by atoms with Crippen LogP contribution >= 0.6 is 0 Å². The minimum atomic E-state index is 0.467. The van der Waals surface area contributed by atoms with Gasteiger partial charge in [0.05, 0.1) is 6.20 Å². The molecule has 3 rings (SSSR count). The average molecular weight is 319 g/mol. The zero-order valence-corrected chi connectivity index (χ0v) is 14.2. The van der Waals surface area contributed by atoms with E-state index in [-0.39, 0.29) is 0 Å². The fourth-order valence-corrected chi connectivity index (χ4v) is 2.38. The van der Waals surface area contributed by atoms with Crippen molar-refractivity contribution in [3.05, 3.63) is 65.4 Å². The number of hydrogen-bond donors (Lipinski definition) is 2. The highest BCUT2D eigenvalue weighted by molar-refractivity contribution is 5.62. The lowest BCUT2D eigenvalue weighted by Gasteiger charge is -2.10. The lowest BCUT2D eigenvalue weighted by atomic mass is 10.1. The summed E-state index contributed by atoms with van der Waals surface area (Å²) >= 11 is 0. The third-order valence-corrected chi connectivity index (χ3v) is 3.83. The Morgan fingerprint density at radius 1 is 0.958 bits per heavy atom. The molecule has 3 aromatic rings. The standard InChI is InChI=1S/C19H21N5/c1-4-15-7-9-16(10-8-15)21-19-23-18(12-20-24-19)22-17-11-13(2)5-6-14(17)3/h5-12H,4H2,1-3H3,(H2,21,22,23,24). The van der Waals surface area contributed by atoms with Crippen molar-refractivity contribution in [3.8, 4) is 0 Å². The van der Waals surface area contributed by atoms with Crippen molar-refractivity contribution in [1.29, 1.82) is 0 Å². The molecule has 0 atom stereocenters. The summed E-state index contributed by atoms with van der Waals surface area (Å²) in [6, 6.07) is 14.5. The van der Waals surface area contributed by atoms with Crippen LogP contribution in [0, 0.1) is 13.8 Å². The van der Waals surface area contributed by atoms with E-state index < -0.39 is 0 Å². The molecule has 0 aliphatic rings. The lowest BCUT2D eigenvalue weighted by Crippen LogP contribution is -2.03. The smallest absolute Gasteiger partial charge is 0.249 e. The minimum absolute atomic E-state index is 0.467. The van der Waals surface area contributed by atoms with Crippen LogP contribution in [-0.4, -0.2) is 15.2 Å².